The van der Waals surface area contributed by atoms with Crippen LogP contribution >= 0.6 is 11.3 Å². The van der Waals surface area contributed by atoms with Crippen LogP contribution in [-0.4, -0.2) is 22.9 Å². The molecule has 0 unspecified atom stereocenters. The van der Waals surface area contributed by atoms with E-state index in [1.54, 1.807) is 24.3 Å². The summed E-state index contributed by atoms with van der Waals surface area (Å²) in [6.45, 7) is 0. The number of hydrogen-bond donors (Lipinski definition) is 2. The minimum absolute atomic E-state index is 0.183. The summed E-state index contributed by atoms with van der Waals surface area (Å²) < 4.78 is 27.1. The Bertz CT molecular complexity index is 762. The number of anilines is 1. The van der Waals surface area contributed by atoms with Gasteiger partial charge in [-0.05, 0) is 42.5 Å². The molecule has 0 aliphatic heterocycles. The van der Waals surface area contributed by atoms with Crippen LogP contribution in [0.3, 0.4) is 0 Å². The van der Waals surface area contributed by atoms with Crippen LogP contribution in [0.2, 0.25) is 0 Å². The number of carbonyl (C=O) groups is 2. The molecular formula is C16H15F2NO3S. The van der Waals surface area contributed by atoms with Crippen LogP contribution in [0.25, 0.3) is 10.1 Å². The highest BCUT2D eigenvalue weighted by atomic mass is 32.1. The van der Waals surface area contributed by atoms with Gasteiger partial charge in [0.25, 0.3) is 0 Å². The number of aromatic carboxylic acids is 1. The Morgan fingerprint density at radius 1 is 1.22 bits per heavy atom. The minimum atomic E-state index is -2.65. The van der Waals surface area contributed by atoms with Gasteiger partial charge >= 0.3 is 5.97 Å². The maximum atomic E-state index is 13.1. The summed E-state index contributed by atoms with van der Waals surface area (Å²) >= 11 is 1.17. The van der Waals surface area contributed by atoms with E-state index < -0.39 is 17.8 Å². The number of fused-ring (bicyclic) bond motifs is 1. The van der Waals surface area contributed by atoms with Crippen molar-refractivity contribution in [2.24, 2.45) is 5.92 Å². The van der Waals surface area contributed by atoms with Crippen molar-refractivity contribution >= 4 is 39.0 Å². The van der Waals surface area contributed by atoms with Gasteiger partial charge in [-0.1, -0.05) is 0 Å². The molecule has 4 nitrogen and oxygen atoms in total. The molecule has 1 saturated carbocycles. The molecule has 0 spiro atoms. The molecule has 1 heterocycles. The quantitative estimate of drug-likeness (QED) is 0.873. The molecule has 0 bridgehead atoms. The zero-order valence-electron chi connectivity index (χ0n) is 12.1. The molecule has 0 saturated heterocycles. The molecule has 1 amide bonds. The minimum Gasteiger partial charge on any atom is -0.477 e. The number of nitrogens with one attached hydrogen (secondary N) is 1. The Balaban J connectivity index is 1.71. The molecule has 7 heteroatoms. The maximum absolute atomic E-state index is 13.1. The normalized spacial score (nSPS) is 18.0. The molecule has 1 aliphatic carbocycles. The van der Waals surface area contributed by atoms with Crippen molar-refractivity contribution in [1.29, 1.82) is 0 Å². The van der Waals surface area contributed by atoms with E-state index in [9.17, 15) is 18.4 Å². The van der Waals surface area contributed by atoms with Gasteiger partial charge in [0.05, 0.1) is 0 Å². The number of carbonyl (C=O) groups excluding carboxylic acids is 1. The second-order valence-corrected chi connectivity index (χ2v) is 6.87. The summed E-state index contributed by atoms with van der Waals surface area (Å²) in [6.07, 6.45) is -0.140. The predicted molar refractivity (Wildman–Crippen MR) is 84.3 cm³/mol. The number of amides is 1. The highest BCUT2D eigenvalue weighted by Crippen LogP contribution is 2.36. The van der Waals surface area contributed by atoms with E-state index in [2.05, 4.69) is 5.32 Å². The molecule has 0 atom stereocenters. The van der Waals surface area contributed by atoms with Crippen molar-refractivity contribution < 1.29 is 23.5 Å². The second kappa shape index (κ2) is 5.88. The van der Waals surface area contributed by atoms with Crippen LogP contribution in [0.15, 0.2) is 24.3 Å². The number of halogens is 2. The fourth-order valence-corrected chi connectivity index (χ4v) is 3.66. The van der Waals surface area contributed by atoms with Gasteiger partial charge in [0.2, 0.25) is 11.8 Å². The van der Waals surface area contributed by atoms with E-state index >= 15 is 0 Å². The third-order valence-electron chi connectivity index (χ3n) is 4.08. The Morgan fingerprint density at radius 2 is 1.91 bits per heavy atom. The van der Waals surface area contributed by atoms with Gasteiger partial charge in [-0.2, -0.15) is 0 Å². The van der Waals surface area contributed by atoms with Crippen molar-refractivity contribution in [2.45, 2.75) is 31.6 Å². The molecule has 1 aliphatic rings. The molecular weight excluding hydrogens is 324 g/mol. The highest BCUT2D eigenvalue weighted by molar-refractivity contribution is 7.20. The van der Waals surface area contributed by atoms with E-state index in [0.29, 0.717) is 5.69 Å². The first-order chi connectivity index (χ1) is 10.8. The van der Waals surface area contributed by atoms with Gasteiger partial charge in [-0.25, -0.2) is 13.6 Å². The number of alkyl halides is 2. The zero-order chi connectivity index (χ0) is 16.6. The van der Waals surface area contributed by atoms with E-state index in [0.717, 1.165) is 10.1 Å². The van der Waals surface area contributed by atoms with E-state index in [1.807, 2.05) is 0 Å². The van der Waals surface area contributed by atoms with Crippen LogP contribution in [0, 0.1) is 5.92 Å². The number of carboxylic acid groups (broad SMARTS) is 1. The first kappa shape index (κ1) is 15.9. The average molecular weight is 339 g/mol. The lowest BCUT2D eigenvalue weighted by atomic mass is 9.86. The summed E-state index contributed by atoms with van der Waals surface area (Å²) in [7, 11) is 0. The number of hydrogen-bond acceptors (Lipinski definition) is 3. The van der Waals surface area contributed by atoms with E-state index in [-0.39, 0.29) is 36.5 Å². The topological polar surface area (TPSA) is 66.4 Å². The Morgan fingerprint density at radius 3 is 2.57 bits per heavy atom. The van der Waals surface area contributed by atoms with E-state index in [4.69, 9.17) is 5.11 Å². The lowest BCUT2D eigenvalue weighted by Gasteiger charge is -2.27. The smallest absolute Gasteiger partial charge is 0.345 e. The first-order valence-corrected chi connectivity index (χ1v) is 8.11. The Labute approximate surface area is 135 Å². The lowest BCUT2D eigenvalue weighted by Crippen LogP contribution is -2.31. The molecule has 1 fully saturated rings. The van der Waals surface area contributed by atoms with Crippen molar-refractivity contribution in [3.05, 3.63) is 29.1 Å². The van der Waals surface area contributed by atoms with Crippen LogP contribution in [0.1, 0.15) is 35.4 Å². The van der Waals surface area contributed by atoms with Crippen LogP contribution in [0.5, 0.6) is 0 Å². The number of carboxylic acids is 1. The molecule has 1 aromatic heterocycles. The number of benzene rings is 1. The molecule has 2 N–H and O–H groups in total. The zero-order valence-corrected chi connectivity index (χ0v) is 13.0. The van der Waals surface area contributed by atoms with Gasteiger partial charge in [-0.3, -0.25) is 4.79 Å². The maximum Gasteiger partial charge on any atom is 0.345 e. The SMILES string of the molecule is O=C(O)c1cc2cc(NC(=O)C3CCC(F)(F)CC3)ccc2s1. The average Bonchev–Trinajstić information content (AvgIpc) is 2.90. The third-order valence-corrected chi connectivity index (χ3v) is 5.19. The van der Waals surface area contributed by atoms with Gasteiger partial charge in [0.15, 0.2) is 0 Å². The standard InChI is InChI=1S/C16H15F2NO3S/c17-16(18)5-3-9(4-6-16)14(20)19-11-1-2-12-10(7-11)8-13(23-12)15(21)22/h1-2,7-9H,3-6H2,(H,19,20)(H,21,22). The third kappa shape index (κ3) is 3.50. The second-order valence-electron chi connectivity index (χ2n) is 5.79. The first-order valence-electron chi connectivity index (χ1n) is 7.30. The molecule has 122 valence electrons. The summed E-state index contributed by atoms with van der Waals surface area (Å²) in [5, 5.41) is 12.5. The fraction of sp³-hybridized carbons (Fsp3) is 0.375. The number of thiophene rings is 1. The molecule has 2 aromatic rings. The summed E-state index contributed by atoms with van der Waals surface area (Å²) in [6, 6.07) is 6.70. The van der Waals surface area contributed by atoms with E-state index in [1.165, 1.54) is 11.3 Å². The highest BCUT2D eigenvalue weighted by Gasteiger charge is 2.37. The van der Waals surface area contributed by atoms with Crippen LogP contribution in [0.4, 0.5) is 14.5 Å². The van der Waals surface area contributed by atoms with Crippen LogP contribution in [-0.2, 0) is 4.79 Å². The largest absolute Gasteiger partial charge is 0.477 e. The van der Waals surface area contributed by atoms with Crippen molar-refractivity contribution in [2.75, 3.05) is 5.32 Å². The van der Waals surface area contributed by atoms with Gasteiger partial charge < -0.3 is 10.4 Å². The van der Waals surface area contributed by atoms with Crippen molar-refractivity contribution in [1.82, 2.24) is 0 Å². The van der Waals surface area contributed by atoms with Gasteiger partial charge in [-0.15, -0.1) is 11.3 Å². The predicted octanol–water partition coefficient (Wildman–Crippen LogP) is 4.36. The lowest BCUT2D eigenvalue weighted by molar-refractivity contribution is -0.124. The molecule has 0 radical (unpaired) electrons. The molecule has 23 heavy (non-hydrogen) atoms. The Kier molecular flexibility index (Phi) is 4.06. The van der Waals surface area contributed by atoms with Crippen molar-refractivity contribution in [3.8, 4) is 0 Å². The molecule has 3 rings (SSSR count). The van der Waals surface area contributed by atoms with Crippen molar-refractivity contribution in [3.63, 3.8) is 0 Å². The Hall–Kier alpha value is -2.02. The number of rotatable bonds is 3. The molecule has 1 aromatic carbocycles. The van der Waals surface area contributed by atoms with Crippen LogP contribution < -0.4 is 5.32 Å². The van der Waals surface area contributed by atoms with Gasteiger partial charge in [0.1, 0.15) is 4.88 Å². The summed E-state index contributed by atoms with van der Waals surface area (Å²) in [4.78, 5) is 23.4. The summed E-state index contributed by atoms with van der Waals surface area (Å²) in [5.74, 6) is -4.30. The fourth-order valence-electron chi connectivity index (χ4n) is 2.77. The van der Waals surface area contributed by atoms with Gasteiger partial charge in [0, 0.05) is 29.1 Å². The summed E-state index contributed by atoms with van der Waals surface area (Å²) in [5.41, 5.74) is 0.551. The monoisotopic (exact) mass is 339 g/mol.